The highest BCUT2D eigenvalue weighted by Crippen LogP contribution is 2.38. The van der Waals surface area contributed by atoms with E-state index in [1.165, 1.54) is 34.3 Å². The van der Waals surface area contributed by atoms with Crippen molar-refractivity contribution in [2.24, 2.45) is 7.05 Å². The molecular weight excluding hydrogens is 415 g/mol. The number of benzene rings is 2. The Labute approximate surface area is 196 Å². The van der Waals surface area contributed by atoms with E-state index in [2.05, 4.69) is 53.9 Å². The summed E-state index contributed by atoms with van der Waals surface area (Å²) in [6.45, 7) is 8.21. The highest BCUT2D eigenvalue weighted by atomic mass is 19.1. The van der Waals surface area contributed by atoms with Gasteiger partial charge in [0.15, 0.2) is 0 Å². The van der Waals surface area contributed by atoms with Crippen LogP contribution in [-0.4, -0.2) is 48.1 Å². The van der Waals surface area contributed by atoms with Crippen molar-refractivity contribution in [1.82, 2.24) is 14.8 Å². The molecule has 2 aliphatic heterocycles. The maximum atomic E-state index is 13.1. The first-order chi connectivity index (χ1) is 15.3. The monoisotopic (exact) mass is 450 g/mol. The van der Waals surface area contributed by atoms with E-state index in [0.29, 0.717) is 13.1 Å². The summed E-state index contributed by atoms with van der Waals surface area (Å²) in [5.41, 5.74) is 5.97. The number of fused-ring (bicyclic) bond motifs is 3. The summed E-state index contributed by atoms with van der Waals surface area (Å²) < 4.78 is 15.4. The number of aryl methyl sites for hydroxylation is 1. The number of piperazine rings is 1. The summed E-state index contributed by atoms with van der Waals surface area (Å²) in [5.74, 6) is -0.0795. The Bertz CT molecular complexity index is 1170. The number of carbonyl (C=O) groups excluding carboxylic acids is 1. The Morgan fingerprint density at radius 1 is 1.09 bits per heavy atom. The molecule has 0 atom stereocenters. The lowest BCUT2D eigenvalue weighted by Crippen LogP contribution is -2.50. The van der Waals surface area contributed by atoms with Gasteiger partial charge < -0.3 is 14.8 Å². The zero-order chi connectivity index (χ0) is 22.5. The van der Waals surface area contributed by atoms with E-state index in [1.807, 2.05) is 17.0 Å². The molecule has 5 rings (SSSR count). The van der Waals surface area contributed by atoms with E-state index in [9.17, 15) is 9.18 Å². The van der Waals surface area contributed by atoms with E-state index in [0.717, 1.165) is 43.7 Å². The third kappa shape index (κ3) is 4.30. The molecule has 176 valence electrons. The number of anilines is 1. The third-order valence-electron chi connectivity index (χ3n) is 7.10. The van der Waals surface area contributed by atoms with Crippen molar-refractivity contribution < 1.29 is 9.18 Å². The predicted molar refractivity (Wildman–Crippen MR) is 133 cm³/mol. The van der Waals surface area contributed by atoms with E-state index < -0.39 is 0 Å². The summed E-state index contributed by atoms with van der Waals surface area (Å²) in [4.78, 5) is 17.1. The van der Waals surface area contributed by atoms with Crippen molar-refractivity contribution in [3.8, 4) is 0 Å². The maximum absolute atomic E-state index is 13.1. The summed E-state index contributed by atoms with van der Waals surface area (Å²) in [6, 6.07) is 13.1. The van der Waals surface area contributed by atoms with Gasteiger partial charge in [0.1, 0.15) is 5.82 Å². The second kappa shape index (κ2) is 8.92. The van der Waals surface area contributed by atoms with Crippen molar-refractivity contribution in [1.29, 1.82) is 0 Å². The largest absolute Gasteiger partial charge is 0.347 e. The van der Waals surface area contributed by atoms with Crippen LogP contribution in [0.3, 0.4) is 0 Å². The van der Waals surface area contributed by atoms with Crippen LogP contribution in [-0.2, 0) is 30.2 Å². The number of hydrogen-bond acceptors (Lipinski definition) is 3. The fraction of sp³-hybridized carbons (Fsp3) is 0.444. The number of nitrogens with zero attached hydrogens (tertiary/aromatic N) is 3. The van der Waals surface area contributed by atoms with Gasteiger partial charge in [-0.15, -0.1) is 0 Å². The quantitative estimate of drug-likeness (QED) is 0.647. The zero-order valence-electron chi connectivity index (χ0n) is 19.1. The Kier molecular flexibility index (Phi) is 6.34. The Hall–Kier alpha value is -2.70. The van der Waals surface area contributed by atoms with Gasteiger partial charge in [0, 0.05) is 67.5 Å². The molecule has 6 heteroatoms. The smallest absolute Gasteiger partial charge is 0.241 e. The predicted octanol–water partition coefficient (Wildman–Crippen LogP) is 4.23. The van der Waals surface area contributed by atoms with Crippen LogP contribution in [0, 0.1) is 5.82 Å². The van der Waals surface area contributed by atoms with Gasteiger partial charge >= 0.3 is 0 Å². The Morgan fingerprint density at radius 2 is 1.85 bits per heavy atom. The molecule has 0 saturated carbocycles. The molecule has 0 unspecified atom stereocenters. The highest BCUT2D eigenvalue weighted by Gasteiger charge is 2.32. The Morgan fingerprint density at radius 3 is 2.58 bits per heavy atom. The molecule has 33 heavy (non-hydrogen) atoms. The topological polar surface area (TPSA) is 40.5 Å². The van der Waals surface area contributed by atoms with Gasteiger partial charge in [0.2, 0.25) is 5.91 Å². The number of amides is 1. The fourth-order valence-corrected chi connectivity index (χ4v) is 5.34. The molecule has 0 aliphatic carbocycles. The van der Waals surface area contributed by atoms with Crippen LogP contribution in [0.15, 0.2) is 42.5 Å². The van der Waals surface area contributed by atoms with Gasteiger partial charge in [-0.05, 0) is 50.1 Å². The fourth-order valence-electron chi connectivity index (χ4n) is 5.34. The summed E-state index contributed by atoms with van der Waals surface area (Å²) in [7, 11) is 2.14. The van der Waals surface area contributed by atoms with Crippen molar-refractivity contribution in [2.45, 2.75) is 39.7 Å². The molecule has 1 saturated heterocycles. The van der Waals surface area contributed by atoms with Gasteiger partial charge in [-0.2, -0.15) is 0 Å². The minimum Gasteiger partial charge on any atom is -0.347 e. The average Bonchev–Trinajstić information content (AvgIpc) is 3.06. The number of rotatable bonds is 4. The van der Waals surface area contributed by atoms with Gasteiger partial charge in [-0.25, -0.2) is 4.39 Å². The van der Waals surface area contributed by atoms with Gasteiger partial charge in [-0.3, -0.25) is 9.69 Å². The van der Waals surface area contributed by atoms with Crippen LogP contribution < -0.4 is 10.2 Å². The minimum atomic E-state index is -0.214. The number of carbonyl (C=O) groups is 1. The van der Waals surface area contributed by atoms with Gasteiger partial charge in [-0.1, -0.05) is 25.6 Å². The average molecular weight is 451 g/mol. The first-order valence-corrected chi connectivity index (χ1v) is 11.5. The van der Waals surface area contributed by atoms with E-state index in [-0.39, 0.29) is 24.7 Å². The maximum Gasteiger partial charge on any atom is 0.241 e. The van der Waals surface area contributed by atoms with Crippen LogP contribution in [0.2, 0.25) is 0 Å². The number of hydrogen-bond donors (Lipinski definition) is 1. The zero-order valence-corrected chi connectivity index (χ0v) is 19.1. The van der Waals surface area contributed by atoms with E-state index in [4.69, 9.17) is 0 Å². The first kappa shape index (κ1) is 23.5. The van der Waals surface area contributed by atoms with E-state index >= 15 is 0 Å². The number of nitrogens with one attached hydrogen (secondary N) is 1. The molecule has 2 aliphatic rings. The summed E-state index contributed by atoms with van der Waals surface area (Å²) >= 11 is 0. The van der Waals surface area contributed by atoms with E-state index in [1.54, 1.807) is 0 Å². The Balaban J connectivity index is 0.00000259. The molecule has 1 fully saturated rings. The lowest BCUT2D eigenvalue weighted by atomic mass is 9.87. The molecule has 0 bridgehead atoms. The number of halogens is 1. The molecule has 0 spiro atoms. The number of aromatic nitrogens is 1. The summed E-state index contributed by atoms with van der Waals surface area (Å²) in [5, 5.41) is 4.91. The highest BCUT2D eigenvalue weighted by molar-refractivity contribution is 5.98. The SMILES string of the molecule is C.Cn1c2c(c3ccc(N4CCN(CCc5ccc(F)cc5)CC4=O)cc31)C(C)(C)NCC2. The van der Waals surface area contributed by atoms with Crippen LogP contribution in [0.5, 0.6) is 0 Å². The molecule has 5 nitrogen and oxygen atoms in total. The molecule has 2 aromatic carbocycles. The second-order valence-electron chi connectivity index (χ2n) is 9.58. The van der Waals surface area contributed by atoms with Crippen LogP contribution in [0.1, 0.15) is 38.1 Å². The lowest BCUT2D eigenvalue weighted by Gasteiger charge is -2.34. The van der Waals surface area contributed by atoms with Gasteiger partial charge in [0.05, 0.1) is 12.1 Å². The molecule has 1 aromatic heterocycles. The lowest BCUT2D eigenvalue weighted by molar-refractivity contribution is -0.121. The third-order valence-corrected chi connectivity index (χ3v) is 7.10. The minimum absolute atomic E-state index is 0. The van der Waals surface area contributed by atoms with Crippen LogP contribution in [0.4, 0.5) is 10.1 Å². The van der Waals surface area contributed by atoms with Crippen molar-refractivity contribution >= 4 is 22.5 Å². The standard InChI is InChI=1S/C26H31FN4O.CH4/c1-26(2)25-21-9-8-20(16-23(21)29(3)22(25)10-12-28-26)31-15-14-30(17-24(31)32)13-11-18-4-6-19(27)7-5-18;/h4-9,16,28H,10-15,17H2,1-3H3;1H4. The molecular formula is C27H35FN4O. The molecule has 1 amide bonds. The second-order valence-corrected chi connectivity index (χ2v) is 9.58. The normalized spacial score (nSPS) is 18.3. The van der Waals surface area contributed by atoms with Crippen molar-refractivity contribution in [3.63, 3.8) is 0 Å². The van der Waals surface area contributed by atoms with Crippen LogP contribution >= 0.6 is 0 Å². The summed E-state index contributed by atoms with van der Waals surface area (Å²) in [6.07, 6.45) is 1.84. The van der Waals surface area contributed by atoms with Gasteiger partial charge in [0.25, 0.3) is 0 Å². The van der Waals surface area contributed by atoms with Crippen molar-refractivity contribution in [3.05, 3.63) is 65.1 Å². The van der Waals surface area contributed by atoms with Crippen LogP contribution in [0.25, 0.3) is 10.9 Å². The first-order valence-electron chi connectivity index (χ1n) is 11.5. The molecule has 3 aromatic rings. The molecule has 3 heterocycles. The molecule has 1 N–H and O–H groups in total. The van der Waals surface area contributed by atoms with Crippen molar-refractivity contribution in [2.75, 3.05) is 37.6 Å². The molecule has 0 radical (unpaired) electrons.